The van der Waals surface area contributed by atoms with E-state index >= 15 is 0 Å². The molecule has 0 amide bonds. The van der Waals surface area contributed by atoms with Crippen LogP contribution in [0.1, 0.15) is 11.5 Å². The quantitative estimate of drug-likeness (QED) is 0.749. The van der Waals surface area contributed by atoms with E-state index < -0.39 is 5.82 Å². The highest BCUT2D eigenvalue weighted by Crippen LogP contribution is 2.23. The number of nitrogens with two attached hydrogens (primary N) is 1. The number of anilines is 1. The number of hydrogen-bond acceptors (Lipinski definition) is 4. The van der Waals surface area contributed by atoms with E-state index in [-0.39, 0.29) is 6.42 Å². The van der Waals surface area contributed by atoms with Crippen molar-refractivity contribution in [3.05, 3.63) is 64.8 Å². The molecule has 0 radical (unpaired) electrons. The van der Waals surface area contributed by atoms with Gasteiger partial charge >= 0.3 is 0 Å². The maximum absolute atomic E-state index is 13.7. The van der Waals surface area contributed by atoms with Crippen LogP contribution < -0.4 is 5.73 Å². The normalized spacial score (nSPS) is 10.8. The molecule has 0 unspecified atom stereocenters. The summed E-state index contributed by atoms with van der Waals surface area (Å²) in [4.78, 5) is 4.24. The van der Waals surface area contributed by atoms with E-state index in [9.17, 15) is 4.39 Å². The first-order valence-corrected chi connectivity index (χ1v) is 6.62. The maximum atomic E-state index is 13.7. The Labute approximate surface area is 125 Å². The third-order valence-electron chi connectivity index (χ3n) is 3.00. The molecule has 0 atom stereocenters. The summed E-state index contributed by atoms with van der Waals surface area (Å²) < 4.78 is 18.9. The van der Waals surface area contributed by atoms with Crippen LogP contribution in [0.25, 0.3) is 11.4 Å². The fourth-order valence-electron chi connectivity index (χ4n) is 1.97. The molecule has 0 spiro atoms. The Morgan fingerprint density at radius 1 is 1.19 bits per heavy atom. The van der Waals surface area contributed by atoms with Crippen LogP contribution in [0, 0.1) is 5.82 Å². The van der Waals surface area contributed by atoms with Gasteiger partial charge in [0.15, 0.2) is 0 Å². The molecule has 106 valence electrons. The van der Waals surface area contributed by atoms with E-state index in [1.165, 1.54) is 6.07 Å². The average Bonchev–Trinajstić information content (AvgIpc) is 2.92. The van der Waals surface area contributed by atoms with Crippen LogP contribution in [-0.4, -0.2) is 10.1 Å². The molecule has 0 aliphatic rings. The zero-order chi connectivity index (χ0) is 14.8. The maximum Gasteiger partial charge on any atom is 0.231 e. The molecule has 3 aromatic rings. The highest BCUT2D eigenvalue weighted by Gasteiger charge is 2.14. The van der Waals surface area contributed by atoms with Gasteiger partial charge in [-0.25, -0.2) is 4.39 Å². The van der Waals surface area contributed by atoms with Crippen LogP contribution >= 0.6 is 11.6 Å². The van der Waals surface area contributed by atoms with Crippen LogP contribution in [0.15, 0.2) is 47.0 Å². The molecular formula is C15H11ClFN3O. The minimum atomic E-state index is -0.397. The summed E-state index contributed by atoms with van der Waals surface area (Å²) in [6.45, 7) is 0. The van der Waals surface area contributed by atoms with Gasteiger partial charge in [0.1, 0.15) is 5.82 Å². The van der Waals surface area contributed by atoms with Gasteiger partial charge in [-0.15, -0.1) is 0 Å². The predicted molar refractivity (Wildman–Crippen MR) is 78.4 cm³/mol. The van der Waals surface area contributed by atoms with E-state index in [1.54, 1.807) is 30.3 Å². The second kappa shape index (κ2) is 5.54. The molecule has 0 saturated heterocycles. The minimum absolute atomic E-state index is 0.140. The van der Waals surface area contributed by atoms with Crippen LogP contribution in [0.3, 0.4) is 0 Å². The zero-order valence-corrected chi connectivity index (χ0v) is 11.6. The number of benzene rings is 2. The van der Waals surface area contributed by atoms with E-state index in [0.717, 1.165) is 5.56 Å². The van der Waals surface area contributed by atoms with Gasteiger partial charge in [-0.05, 0) is 24.3 Å². The fourth-order valence-corrected chi connectivity index (χ4v) is 2.20. The Balaban J connectivity index is 1.89. The van der Waals surface area contributed by atoms with E-state index in [2.05, 4.69) is 10.1 Å². The molecule has 21 heavy (non-hydrogen) atoms. The van der Waals surface area contributed by atoms with Crippen LogP contribution in [0.4, 0.5) is 10.1 Å². The summed E-state index contributed by atoms with van der Waals surface area (Å²) in [5, 5.41) is 4.21. The second-order valence-electron chi connectivity index (χ2n) is 4.51. The number of nitrogen functional groups attached to an aromatic ring is 1. The first-order chi connectivity index (χ1) is 10.1. The lowest BCUT2D eigenvalue weighted by Gasteiger charge is -2.01. The van der Waals surface area contributed by atoms with Gasteiger partial charge in [-0.1, -0.05) is 35.0 Å². The Hall–Kier alpha value is -2.40. The van der Waals surface area contributed by atoms with Crippen molar-refractivity contribution in [2.24, 2.45) is 0 Å². The Morgan fingerprint density at radius 3 is 2.76 bits per heavy atom. The number of halogens is 2. The van der Waals surface area contributed by atoms with Crippen molar-refractivity contribution in [1.82, 2.24) is 10.1 Å². The number of hydrogen-bond donors (Lipinski definition) is 1. The summed E-state index contributed by atoms with van der Waals surface area (Å²) in [5.41, 5.74) is 7.40. The van der Waals surface area contributed by atoms with Crippen molar-refractivity contribution >= 4 is 17.3 Å². The Morgan fingerprint density at radius 2 is 2.00 bits per heavy atom. The van der Waals surface area contributed by atoms with Crippen LogP contribution in [-0.2, 0) is 6.42 Å². The molecule has 4 nitrogen and oxygen atoms in total. The topological polar surface area (TPSA) is 64.9 Å². The lowest BCUT2D eigenvalue weighted by Crippen LogP contribution is -1.94. The van der Waals surface area contributed by atoms with Gasteiger partial charge in [0.2, 0.25) is 11.7 Å². The summed E-state index contributed by atoms with van der Waals surface area (Å²) in [7, 11) is 0. The molecule has 0 aliphatic heterocycles. The molecule has 0 saturated carbocycles. The van der Waals surface area contributed by atoms with Gasteiger partial charge in [0.05, 0.1) is 6.42 Å². The zero-order valence-electron chi connectivity index (χ0n) is 10.9. The van der Waals surface area contributed by atoms with E-state index in [4.69, 9.17) is 21.9 Å². The predicted octanol–water partition coefficient (Wildman–Crippen LogP) is 3.70. The van der Waals surface area contributed by atoms with Gasteiger partial charge in [0.25, 0.3) is 0 Å². The smallest absolute Gasteiger partial charge is 0.231 e. The highest BCUT2D eigenvalue weighted by atomic mass is 35.5. The third kappa shape index (κ3) is 2.87. The van der Waals surface area contributed by atoms with Crippen molar-refractivity contribution in [3.8, 4) is 11.4 Å². The Bertz CT molecular complexity index is 768. The summed E-state index contributed by atoms with van der Waals surface area (Å²) in [6, 6.07) is 11.6. The molecule has 0 aliphatic carbocycles. The molecule has 0 fully saturated rings. The molecule has 3 rings (SSSR count). The minimum Gasteiger partial charge on any atom is -0.399 e. The molecule has 6 heteroatoms. The van der Waals surface area contributed by atoms with Gasteiger partial charge in [-0.2, -0.15) is 4.98 Å². The average molecular weight is 304 g/mol. The molecule has 1 heterocycles. The molecule has 2 N–H and O–H groups in total. The third-order valence-corrected chi connectivity index (χ3v) is 3.36. The van der Waals surface area contributed by atoms with Gasteiger partial charge in [-0.3, -0.25) is 0 Å². The summed E-state index contributed by atoms with van der Waals surface area (Å²) in [5.74, 6) is 0.301. The molecular weight excluding hydrogens is 293 g/mol. The second-order valence-corrected chi connectivity index (χ2v) is 4.92. The lowest BCUT2D eigenvalue weighted by molar-refractivity contribution is 0.384. The van der Waals surface area contributed by atoms with Crippen LogP contribution in [0.5, 0.6) is 0 Å². The molecule has 0 bridgehead atoms. The number of nitrogens with zero attached hydrogens (tertiary/aromatic N) is 2. The Kier molecular flexibility index (Phi) is 3.58. The largest absolute Gasteiger partial charge is 0.399 e. The van der Waals surface area contributed by atoms with Crippen molar-refractivity contribution in [3.63, 3.8) is 0 Å². The van der Waals surface area contributed by atoms with Crippen molar-refractivity contribution < 1.29 is 8.91 Å². The molecule has 2 aromatic carbocycles. The first kappa shape index (κ1) is 13.6. The number of aromatic nitrogens is 2. The van der Waals surface area contributed by atoms with E-state index in [1.807, 2.05) is 6.07 Å². The van der Waals surface area contributed by atoms with E-state index in [0.29, 0.717) is 28.0 Å². The summed E-state index contributed by atoms with van der Waals surface area (Å²) in [6.07, 6.45) is 0.140. The van der Waals surface area contributed by atoms with Gasteiger partial charge < -0.3 is 10.3 Å². The standard InChI is InChI=1S/C15H11ClFN3O/c16-12-5-2-6-13(17)11(12)8-14-19-15(20-21-14)9-3-1-4-10(18)7-9/h1-7H,8,18H2. The SMILES string of the molecule is Nc1cccc(-c2noc(Cc3c(F)cccc3Cl)n2)c1. The fraction of sp³-hybridized carbons (Fsp3) is 0.0667. The highest BCUT2D eigenvalue weighted by molar-refractivity contribution is 6.31. The monoisotopic (exact) mass is 303 g/mol. The molecule has 1 aromatic heterocycles. The van der Waals surface area contributed by atoms with Gasteiger partial charge in [0, 0.05) is 21.8 Å². The van der Waals surface area contributed by atoms with Crippen molar-refractivity contribution in [2.45, 2.75) is 6.42 Å². The van der Waals surface area contributed by atoms with Crippen LogP contribution in [0.2, 0.25) is 5.02 Å². The van der Waals surface area contributed by atoms with Crippen molar-refractivity contribution in [2.75, 3.05) is 5.73 Å². The lowest BCUT2D eigenvalue weighted by atomic mass is 10.1. The first-order valence-electron chi connectivity index (χ1n) is 6.25. The summed E-state index contributed by atoms with van der Waals surface area (Å²) >= 11 is 5.98. The number of rotatable bonds is 3. The van der Waals surface area contributed by atoms with Crippen molar-refractivity contribution in [1.29, 1.82) is 0 Å².